The Balaban J connectivity index is 1.48. The Morgan fingerprint density at radius 3 is 2.68 bits per heavy atom. The highest BCUT2D eigenvalue weighted by molar-refractivity contribution is 6.02. The molecule has 0 bridgehead atoms. The Morgan fingerprint density at radius 1 is 1.16 bits per heavy atom. The zero-order valence-electron chi connectivity index (χ0n) is 20.6. The zero-order valence-corrected chi connectivity index (χ0v) is 20.6. The van der Waals surface area contributed by atoms with Gasteiger partial charge in [0.1, 0.15) is 17.0 Å². The Labute approximate surface area is 214 Å². The maximum atomic E-state index is 13.0. The fourth-order valence-corrected chi connectivity index (χ4v) is 4.80. The number of nitrogens with zero attached hydrogens (tertiary/aromatic N) is 3. The largest absolute Gasteiger partial charge is 0.457 e. The summed E-state index contributed by atoms with van der Waals surface area (Å²) in [5.74, 6) is 1.63. The fraction of sp³-hybridized carbons (Fsp3) is 0.250. The van der Waals surface area contributed by atoms with Gasteiger partial charge in [-0.15, -0.1) is 0 Å². The number of ether oxygens (including phenoxy) is 2. The second-order valence-electron chi connectivity index (χ2n) is 8.99. The summed E-state index contributed by atoms with van der Waals surface area (Å²) in [5, 5.41) is 7.14. The van der Waals surface area contributed by atoms with E-state index in [0.29, 0.717) is 36.3 Å². The number of likely N-dealkylation sites (tertiary alicyclic amines) is 1. The maximum Gasteiger partial charge on any atom is 0.288 e. The molecular formula is C28H29N5O4. The minimum absolute atomic E-state index is 0.0671. The molecule has 0 spiro atoms. The monoisotopic (exact) mass is 499 g/mol. The first-order valence-electron chi connectivity index (χ1n) is 12.2. The van der Waals surface area contributed by atoms with Gasteiger partial charge in [-0.3, -0.25) is 9.59 Å². The van der Waals surface area contributed by atoms with E-state index in [1.54, 1.807) is 24.2 Å². The molecule has 37 heavy (non-hydrogen) atoms. The van der Waals surface area contributed by atoms with Gasteiger partial charge in [0.2, 0.25) is 5.91 Å². The molecule has 1 aliphatic rings. The van der Waals surface area contributed by atoms with Crippen LogP contribution in [0.5, 0.6) is 11.5 Å². The van der Waals surface area contributed by atoms with Crippen LogP contribution in [0.2, 0.25) is 0 Å². The predicted octanol–water partition coefficient (Wildman–Crippen LogP) is 4.13. The fourth-order valence-electron chi connectivity index (χ4n) is 4.80. The SMILES string of the molecule is COCC=CC(=O)N1CCC[C@@H](n2cc(-c3ccc(Oc4ccccc4)cc3)c3c(N)n[nH]c(=O)c32)C1. The van der Waals surface area contributed by atoms with Crippen molar-refractivity contribution in [1.82, 2.24) is 19.7 Å². The summed E-state index contributed by atoms with van der Waals surface area (Å²) < 4.78 is 12.9. The lowest BCUT2D eigenvalue weighted by molar-refractivity contribution is -0.127. The minimum Gasteiger partial charge on any atom is -0.457 e. The normalized spacial score (nSPS) is 15.9. The molecule has 2 aromatic carbocycles. The highest BCUT2D eigenvalue weighted by Crippen LogP contribution is 2.36. The Bertz CT molecular complexity index is 1470. The van der Waals surface area contributed by atoms with E-state index in [-0.39, 0.29) is 23.3 Å². The lowest BCUT2D eigenvalue weighted by Crippen LogP contribution is -2.40. The summed E-state index contributed by atoms with van der Waals surface area (Å²) in [6.07, 6.45) is 6.86. The molecular weight excluding hydrogens is 470 g/mol. The molecule has 4 aromatic rings. The van der Waals surface area contributed by atoms with Crippen molar-refractivity contribution in [2.24, 2.45) is 0 Å². The van der Waals surface area contributed by atoms with Gasteiger partial charge in [-0.05, 0) is 42.7 Å². The summed E-state index contributed by atoms with van der Waals surface area (Å²) in [4.78, 5) is 27.5. The quantitative estimate of drug-likeness (QED) is 0.370. The zero-order chi connectivity index (χ0) is 25.8. The van der Waals surface area contributed by atoms with Gasteiger partial charge < -0.3 is 24.7 Å². The van der Waals surface area contributed by atoms with E-state index in [2.05, 4.69) is 10.2 Å². The van der Waals surface area contributed by atoms with Crippen molar-refractivity contribution in [3.05, 3.63) is 83.3 Å². The first-order valence-corrected chi connectivity index (χ1v) is 12.2. The second kappa shape index (κ2) is 10.7. The number of amides is 1. The highest BCUT2D eigenvalue weighted by Gasteiger charge is 2.27. The number of anilines is 1. The number of H-pyrrole nitrogens is 1. The van der Waals surface area contributed by atoms with Crippen LogP contribution in [0.3, 0.4) is 0 Å². The number of nitrogen functional groups attached to an aromatic ring is 1. The van der Waals surface area contributed by atoms with Crippen LogP contribution >= 0.6 is 0 Å². The van der Waals surface area contributed by atoms with E-state index in [1.165, 1.54) is 0 Å². The van der Waals surface area contributed by atoms with Crippen molar-refractivity contribution in [2.75, 3.05) is 32.5 Å². The third-order valence-electron chi connectivity index (χ3n) is 6.55. The molecule has 190 valence electrons. The van der Waals surface area contributed by atoms with Crippen LogP contribution in [0.4, 0.5) is 5.82 Å². The van der Waals surface area contributed by atoms with Gasteiger partial charge in [-0.2, -0.15) is 5.10 Å². The number of methoxy groups -OCH3 is 1. The van der Waals surface area contributed by atoms with Gasteiger partial charge in [0, 0.05) is 38.0 Å². The summed E-state index contributed by atoms with van der Waals surface area (Å²) in [5.41, 5.74) is 8.11. The number of carbonyl (C=O) groups is 1. The molecule has 9 nitrogen and oxygen atoms in total. The summed E-state index contributed by atoms with van der Waals surface area (Å²) in [7, 11) is 1.59. The second-order valence-corrected chi connectivity index (χ2v) is 8.99. The van der Waals surface area contributed by atoms with Crippen LogP contribution in [-0.4, -0.2) is 52.4 Å². The van der Waals surface area contributed by atoms with Gasteiger partial charge in [0.15, 0.2) is 5.82 Å². The lowest BCUT2D eigenvalue weighted by Gasteiger charge is -2.33. The highest BCUT2D eigenvalue weighted by atomic mass is 16.5. The molecule has 1 fully saturated rings. The first-order chi connectivity index (χ1) is 18.0. The standard InChI is InChI=1S/C28H29N5O4/c1-36-16-6-10-24(34)32-15-5-7-20(17-32)33-18-23(25-26(33)28(35)31-30-27(25)29)19-11-13-22(14-12-19)37-21-8-3-2-4-9-21/h2-4,6,8-14,18,20H,5,7,15-17H2,1H3,(H2,29,30)(H,31,35)/t20-/m1/s1. The number of carbonyl (C=O) groups excluding carboxylic acids is 1. The van der Waals surface area contributed by atoms with Crippen molar-refractivity contribution < 1.29 is 14.3 Å². The van der Waals surface area contributed by atoms with Gasteiger partial charge in [0.25, 0.3) is 5.56 Å². The summed E-state index contributed by atoms with van der Waals surface area (Å²) in [6.45, 7) is 1.54. The van der Waals surface area contributed by atoms with Crippen LogP contribution < -0.4 is 16.0 Å². The number of rotatable bonds is 7. The molecule has 3 heterocycles. The number of fused-ring (bicyclic) bond motifs is 1. The van der Waals surface area contributed by atoms with Crippen molar-refractivity contribution in [3.63, 3.8) is 0 Å². The number of hydrogen-bond acceptors (Lipinski definition) is 6. The van der Waals surface area contributed by atoms with Gasteiger partial charge in [0.05, 0.1) is 18.0 Å². The predicted molar refractivity (Wildman–Crippen MR) is 143 cm³/mol. The smallest absolute Gasteiger partial charge is 0.288 e. The number of piperidine rings is 1. The van der Waals surface area contributed by atoms with Crippen LogP contribution in [0, 0.1) is 0 Å². The number of aromatic amines is 1. The van der Waals surface area contributed by atoms with Gasteiger partial charge in [-0.1, -0.05) is 36.4 Å². The lowest BCUT2D eigenvalue weighted by atomic mass is 10.1. The van der Waals surface area contributed by atoms with Crippen molar-refractivity contribution in [2.45, 2.75) is 18.9 Å². The molecule has 0 radical (unpaired) electrons. The van der Waals surface area contributed by atoms with E-state index in [9.17, 15) is 9.59 Å². The van der Waals surface area contributed by atoms with Gasteiger partial charge >= 0.3 is 0 Å². The van der Waals surface area contributed by atoms with Crippen molar-refractivity contribution in [3.8, 4) is 22.6 Å². The average Bonchev–Trinajstić information content (AvgIpc) is 3.34. The number of nitrogens with one attached hydrogen (secondary N) is 1. The molecule has 1 atom stereocenters. The number of para-hydroxylation sites is 1. The van der Waals surface area contributed by atoms with E-state index in [4.69, 9.17) is 15.2 Å². The molecule has 2 aromatic heterocycles. The third kappa shape index (κ3) is 5.12. The minimum atomic E-state index is -0.317. The molecule has 0 saturated carbocycles. The van der Waals surface area contributed by atoms with E-state index in [1.807, 2.05) is 65.4 Å². The molecule has 0 unspecified atom stereocenters. The summed E-state index contributed by atoms with van der Waals surface area (Å²) >= 11 is 0. The third-order valence-corrected chi connectivity index (χ3v) is 6.55. The topological polar surface area (TPSA) is 115 Å². The van der Waals surface area contributed by atoms with Crippen LogP contribution in [0.15, 0.2) is 77.7 Å². The average molecular weight is 500 g/mol. The Hall–Kier alpha value is -4.37. The van der Waals surface area contributed by atoms with Crippen LogP contribution in [0.1, 0.15) is 18.9 Å². The number of hydrogen-bond donors (Lipinski definition) is 2. The Morgan fingerprint density at radius 2 is 1.92 bits per heavy atom. The van der Waals surface area contributed by atoms with Gasteiger partial charge in [-0.25, -0.2) is 5.10 Å². The van der Waals surface area contributed by atoms with E-state index >= 15 is 0 Å². The van der Waals surface area contributed by atoms with Crippen LogP contribution in [-0.2, 0) is 9.53 Å². The van der Waals surface area contributed by atoms with Crippen molar-refractivity contribution >= 4 is 22.6 Å². The molecule has 1 aliphatic heterocycles. The van der Waals surface area contributed by atoms with E-state index in [0.717, 1.165) is 29.7 Å². The number of nitrogens with two attached hydrogens (primary N) is 1. The molecule has 1 saturated heterocycles. The summed E-state index contributed by atoms with van der Waals surface area (Å²) in [6, 6.07) is 17.1. The Kier molecular flexibility index (Phi) is 7.04. The molecule has 3 N–H and O–H groups in total. The maximum absolute atomic E-state index is 13.0. The molecule has 1 amide bonds. The molecule has 5 rings (SSSR count). The number of benzene rings is 2. The van der Waals surface area contributed by atoms with Crippen LogP contribution in [0.25, 0.3) is 22.0 Å². The molecule has 9 heteroatoms. The molecule has 0 aliphatic carbocycles. The first kappa shape index (κ1) is 24.3. The number of aromatic nitrogens is 3. The van der Waals surface area contributed by atoms with Crippen molar-refractivity contribution in [1.29, 1.82) is 0 Å². The van der Waals surface area contributed by atoms with E-state index < -0.39 is 0 Å².